The lowest BCUT2D eigenvalue weighted by Crippen LogP contribution is -2.35. The van der Waals surface area contributed by atoms with Crippen LogP contribution in [0.3, 0.4) is 0 Å². The van der Waals surface area contributed by atoms with Gasteiger partial charge in [0.1, 0.15) is 12.1 Å². The highest BCUT2D eigenvalue weighted by atomic mass is 16.2. The zero-order chi connectivity index (χ0) is 17.1. The normalized spacial score (nSPS) is 12.1. The molecule has 0 spiro atoms. The lowest BCUT2D eigenvalue weighted by Gasteiger charge is -2.16. The summed E-state index contributed by atoms with van der Waals surface area (Å²) in [4.78, 5) is 24.6. The molecule has 1 aromatic heterocycles. The molecule has 122 valence electrons. The van der Waals surface area contributed by atoms with Crippen molar-refractivity contribution in [3.63, 3.8) is 0 Å². The minimum atomic E-state index is -0.320. The highest BCUT2D eigenvalue weighted by molar-refractivity contribution is 5.78. The number of carbonyl (C=O) groups excluding carboxylic acids is 1. The zero-order valence-corrected chi connectivity index (χ0v) is 13.6. The largest absolute Gasteiger partial charge is 0.348 e. The molecule has 1 amide bonds. The van der Waals surface area contributed by atoms with Crippen molar-refractivity contribution in [3.05, 3.63) is 70.0 Å². The SMILES string of the molecule is Cc1ccccc1[C@@H](C)NC(=O)Cn1nnc2ccccc2c1=O. The smallest absolute Gasteiger partial charge is 0.278 e. The van der Waals surface area contributed by atoms with E-state index in [2.05, 4.69) is 15.6 Å². The van der Waals surface area contributed by atoms with Crippen molar-refractivity contribution in [1.82, 2.24) is 20.3 Å². The van der Waals surface area contributed by atoms with Gasteiger partial charge in [0, 0.05) is 0 Å². The molecular formula is C18H18N4O2. The first-order valence-corrected chi connectivity index (χ1v) is 7.73. The minimum Gasteiger partial charge on any atom is -0.348 e. The second kappa shape index (κ2) is 6.62. The minimum absolute atomic E-state index is 0.150. The lowest BCUT2D eigenvalue weighted by molar-refractivity contribution is -0.122. The van der Waals surface area contributed by atoms with Crippen molar-refractivity contribution in [2.24, 2.45) is 0 Å². The van der Waals surface area contributed by atoms with E-state index in [-0.39, 0.29) is 24.1 Å². The Balaban J connectivity index is 1.77. The lowest BCUT2D eigenvalue weighted by atomic mass is 10.0. The number of benzene rings is 2. The van der Waals surface area contributed by atoms with Crippen LogP contribution in [0.5, 0.6) is 0 Å². The summed E-state index contributed by atoms with van der Waals surface area (Å²) in [5.41, 5.74) is 2.35. The van der Waals surface area contributed by atoms with Crippen LogP contribution in [0.15, 0.2) is 53.3 Å². The quantitative estimate of drug-likeness (QED) is 0.797. The van der Waals surface area contributed by atoms with Crippen LogP contribution < -0.4 is 10.9 Å². The molecule has 1 heterocycles. The number of rotatable bonds is 4. The van der Waals surface area contributed by atoms with E-state index in [1.54, 1.807) is 24.3 Å². The Morgan fingerprint density at radius 3 is 2.67 bits per heavy atom. The van der Waals surface area contributed by atoms with E-state index in [0.29, 0.717) is 10.9 Å². The highest BCUT2D eigenvalue weighted by Crippen LogP contribution is 2.16. The third-order valence-corrected chi connectivity index (χ3v) is 3.96. The van der Waals surface area contributed by atoms with E-state index < -0.39 is 0 Å². The molecule has 0 saturated heterocycles. The van der Waals surface area contributed by atoms with E-state index in [4.69, 9.17) is 0 Å². The van der Waals surface area contributed by atoms with Crippen LogP contribution in [-0.4, -0.2) is 20.9 Å². The first-order valence-electron chi connectivity index (χ1n) is 7.73. The summed E-state index contributed by atoms with van der Waals surface area (Å²) in [6.45, 7) is 3.75. The Kier molecular flexibility index (Phi) is 4.37. The summed E-state index contributed by atoms with van der Waals surface area (Å²) in [5, 5.41) is 11.2. The molecule has 0 unspecified atom stereocenters. The maximum atomic E-state index is 12.4. The number of nitrogens with zero attached hydrogens (tertiary/aromatic N) is 3. The van der Waals surface area contributed by atoms with Crippen LogP contribution in [0.25, 0.3) is 10.9 Å². The molecule has 6 heteroatoms. The molecule has 0 aliphatic rings. The van der Waals surface area contributed by atoms with Gasteiger partial charge in [0.05, 0.1) is 11.4 Å². The number of fused-ring (bicyclic) bond motifs is 1. The molecule has 0 fully saturated rings. The van der Waals surface area contributed by atoms with Crippen molar-refractivity contribution in [1.29, 1.82) is 0 Å². The average molecular weight is 322 g/mol. The molecule has 24 heavy (non-hydrogen) atoms. The fraction of sp³-hybridized carbons (Fsp3) is 0.222. The third kappa shape index (κ3) is 3.17. The molecule has 0 aliphatic carbocycles. The molecule has 2 aromatic carbocycles. The maximum Gasteiger partial charge on any atom is 0.278 e. The highest BCUT2D eigenvalue weighted by Gasteiger charge is 2.13. The first kappa shape index (κ1) is 15.9. The molecule has 1 atom stereocenters. The molecule has 0 bridgehead atoms. The van der Waals surface area contributed by atoms with Crippen LogP contribution in [0.1, 0.15) is 24.1 Å². The molecule has 3 rings (SSSR count). The van der Waals surface area contributed by atoms with E-state index >= 15 is 0 Å². The molecule has 1 N–H and O–H groups in total. The van der Waals surface area contributed by atoms with Gasteiger partial charge in [-0.25, -0.2) is 4.68 Å². The van der Waals surface area contributed by atoms with E-state index in [1.807, 2.05) is 38.1 Å². The van der Waals surface area contributed by atoms with Gasteiger partial charge in [-0.15, -0.1) is 5.10 Å². The first-order chi connectivity index (χ1) is 11.6. The van der Waals surface area contributed by atoms with Gasteiger partial charge < -0.3 is 5.32 Å². The van der Waals surface area contributed by atoms with Crippen molar-refractivity contribution < 1.29 is 4.79 Å². The number of aryl methyl sites for hydroxylation is 1. The van der Waals surface area contributed by atoms with Crippen LogP contribution in [-0.2, 0) is 11.3 Å². The Hall–Kier alpha value is -3.02. The van der Waals surface area contributed by atoms with E-state index in [9.17, 15) is 9.59 Å². The second-order valence-electron chi connectivity index (χ2n) is 5.72. The Labute approximate surface area is 139 Å². The van der Waals surface area contributed by atoms with Crippen molar-refractivity contribution >= 4 is 16.8 Å². The summed E-state index contributed by atoms with van der Waals surface area (Å²) >= 11 is 0. The van der Waals surface area contributed by atoms with E-state index in [1.165, 1.54) is 0 Å². The summed E-state index contributed by atoms with van der Waals surface area (Å²) in [6, 6.07) is 14.7. The number of amides is 1. The summed E-state index contributed by atoms with van der Waals surface area (Å²) < 4.78 is 1.09. The second-order valence-corrected chi connectivity index (χ2v) is 5.72. The number of nitrogens with one attached hydrogen (secondary N) is 1. The number of hydrogen-bond acceptors (Lipinski definition) is 4. The standard InChI is InChI=1S/C18H18N4O2/c1-12-7-3-4-8-14(12)13(2)19-17(23)11-22-18(24)15-9-5-6-10-16(15)20-21-22/h3-10,13H,11H2,1-2H3,(H,19,23)/t13-/m1/s1. The van der Waals surface area contributed by atoms with Crippen LogP contribution >= 0.6 is 0 Å². The average Bonchev–Trinajstić information content (AvgIpc) is 2.58. The predicted molar refractivity (Wildman–Crippen MR) is 91.5 cm³/mol. The van der Waals surface area contributed by atoms with Gasteiger partial charge in [-0.2, -0.15) is 0 Å². The maximum absolute atomic E-state index is 12.4. The number of carbonyl (C=O) groups is 1. The molecule has 0 radical (unpaired) electrons. The van der Waals surface area contributed by atoms with Gasteiger partial charge in [-0.05, 0) is 37.1 Å². The fourth-order valence-corrected chi connectivity index (χ4v) is 2.70. The molecule has 6 nitrogen and oxygen atoms in total. The van der Waals surface area contributed by atoms with Gasteiger partial charge in [-0.1, -0.05) is 41.6 Å². The summed E-state index contributed by atoms with van der Waals surface area (Å²) in [6.07, 6.45) is 0. The molecule has 3 aromatic rings. The molecule has 0 saturated carbocycles. The number of hydrogen-bond donors (Lipinski definition) is 1. The van der Waals surface area contributed by atoms with Crippen LogP contribution in [0, 0.1) is 6.92 Å². The Morgan fingerprint density at radius 1 is 1.17 bits per heavy atom. The predicted octanol–water partition coefficient (Wildman–Crippen LogP) is 1.98. The van der Waals surface area contributed by atoms with Crippen molar-refractivity contribution in [2.75, 3.05) is 0 Å². The molecular weight excluding hydrogens is 304 g/mol. The third-order valence-electron chi connectivity index (χ3n) is 3.96. The zero-order valence-electron chi connectivity index (χ0n) is 13.6. The van der Waals surface area contributed by atoms with Crippen molar-refractivity contribution in [3.8, 4) is 0 Å². The number of aromatic nitrogens is 3. The van der Waals surface area contributed by atoms with Gasteiger partial charge in [0.25, 0.3) is 5.56 Å². The summed E-state index contributed by atoms with van der Waals surface area (Å²) in [7, 11) is 0. The van der Waals surface area contributed by atoms with Gasteiger partial charge in [0.15, 0.2) is 0 Å². The Morgan fingerprint density at radius 2 is 1.88 bits per heavy atom. The fourth-order valence-electron chi connectivity index (χ4n) is 2.70. The van der Waals surface area contributed by atoms with Gasteiger partial charge in [0.2, 0.25) is 5.91 Å². The molecule has 0 aliphatic heterocycles. The Bertz CT molecular complexity index is 949. The monoisotopic (exact) mass is 322 g/mol. The van der Waals surface area contributed by atoms with Crippen molar-refractivity contribution in [2.45, 2.75) is 26.4 Å². The van der Waals surface area contributed by atoms with Crippen LogP contribution in [0.2, 0.25) is 0 Å². The van der Waals surface area contributed by atoms with Gasteiger partial charge in [-0.3, -0.25) is 9.59 Å². The topological polar surface area (TPSA) is 76.9 Å². The van der Waals surface area contributed by atoms with Crippen LogP contribution in [0.4, 0.5) is 0 Å². The van der Waals surface area contributed by atoms with E-state index in [0.717, 1.165) is 15.8 Å². The van der Waals surface area contributed by atoms with Gasteiger partial charge >= 0.3 is 0 Å². The summed E-state index contributed by atoms with van der Waals surface area (Å²) in [5.74, 6) is -0.280.